The van der Waals surface area contributed by atoms with E-state index >= 15 is 0 Å². The van der Waals surface area contributed by atoms with Crippen molar-refractivity contribution in [2.75, 3.05) is 0 Å². The van der Waals surface area contributed by atoms with Crippen LogP contribution in [0, 0.1) is 11.6 Å². The van der Waals surface area contributed by atoms with Crippen LogP contribution in [0.5, 0.6) is 0 Å². The van der Waals surface area contributed by atoms with Crippen molar-refractivity contribution in [2.45, 2.75) is 0 Å². The second-order valence-electron chi connectivity index (χ2n) is 4.49. The van der Waals surface area contributed by atoms with Gasteiger partial charge in [0.25, 0.3) is 0 Å². The fourth-order valence-electron chi connectivity index (χ4n) is 2.23. The van der Waals surface area contributed by atoms with Crippen molar-refractivity contribution < 1.29 is 8.78 Å². The number of nitrogens with one attached hydrogen (secondary N) is 1. The molecule has 0 aliphatic carbocycles. The molecule has 5 heteroatoms. The van der Waals surface area contributed by atoms with Crippen molar-refractivity contribution in [3.8, 4) is 10.7 Å². The van der Waals surface area contributed by atoms with Crippen LogP contribution >= 0.6 is 11.3 Å². The molecule has 0 spiro atoms. The lowest BCUT2D eigenvalue weighted by molar-refractivity contribution is 0.515. The van der Waals surface area contributed by atoms with Gasteiger partial charge in [-0.3, -0.25) is 0 Å². The highest BCUT2D eigenvalue weighted by Gasteiger charge is 2.14. The van der Waals surface area contributed by atoms with E-state index < -0.39 is 11.6 Å². The number of aromatic nitrogens is 2. The average Bonchev–Trinajstić information content (AvgIpc) is 3.06. The standard InChI is InChI=1S/C15H8F2N2S/c16-9-5-6-10-14(13(9)17)19-15(18-10)12-7-8-3-1-2-4-11(8)20-12/h1-7H,(H,18,19). The molecule has 0 fully saturated rings. The van der Waals surface area contributed by atoms with Crippen molar-refractivity contribution in [1.82, 2.24) is 9.97 Å². The first kappa shape index (κ1) is 11.5. The molecular weight excluding hydrogens is 278 g/mol. The van der Waals surface area contributed by atoms with Crippen molar-refractivity contribution in [3.05, 3.63) is 54.1 Å². The van der Waals surface area contributed by atoms with E-state index in [-0.39, 0.29) is 5.52 Å². The van der Waals surface area contributed by atoms with Gasteiger partial charge < -0.3 is 4.98 Å². The molecule has 1 N–H and O–H groups in total. The Labute approximate surface area is 116 Å². The lowest BCUT2D eigenvalue weighted by atomic mass is 10.2. The first-order chi connectivity index (χ1) is 9.72. The Balaban J connectivity index is 1.95. The molecule has 0 bridgehead atoms. The van der Waals surface area contributed by atoms with Gasteiger partial charge in [-0.25, -0.2) is 13.8 Å². The van der Waals surface area contributed by atoms with Crippen LogP contribution < -0.4 is 0 Å². The maximum absolute atomic E-state index is 13.7. The predicted octanol–water partition coefficient (Wildman–Crippen LogP) is 4.72. The molecule has 2 aromatic heterocycles. The second-order valence-corrected chi connectivity index (χ2v) is 5.58. The highest BCUT2D eigenvalue weighted by Crippen LogP contribution is 2.33. The van der Waals surface area contributed by atoms with E-state index in [1.165, 1.54) is 6.07 Å². The second kappa shape index (κ2) is 4.11. The van der Waals surface area contributed by atoms with Gasteiger partial charge in [0.15, 0.2) is 11.6 Å². The first-order valence-electron chi connectivity index (χ1n) is 6.05. The quantitative estimate of drug-likeness (QED) is 0.538. The Morgan fingerprint density at radius 3 is 2.75 bits per heavy atom. The van der Waals surface area contributed by atoms with Crippen molar-refractivity contribution in [1.29, 1.82) is 0 Å². The molecule has 20 heavy (non-hydrogen) atoms. The summed E-state index contributed by atoms with van der Waals surface area (Å²) in [6, 6.07) is 12.6. The van der Waals surface area contributed by atoms with E-state index in [2.05, 4.69) is 9.97 Å². The van der Waals surface area contributed by atoms with E-state index in [4.69, 9.17) is 0 Å². The van der Waals surface area contributed by atoms with E-state index in [1.807, 2.05) is 30.3 Å². The molecule has 0 saturated carbocycles. The maximum Gasteiger partial charge on any atom is 0.186 e. The third kappa shape index (κ3) is 1.63. The Bertz CT molecular complexity index is 907. The zero-order chi connectivity index (χ0) is 13.7. The van der Waals surface area contributed by atoms with Gasteiger partial charge in [0.05, 0.1) is 10.4 Å². The Kier molecular flexibility index (Phi) is 2.37. The Morgan fingerprint density at radius 2 is 1.90 bits per heavy atom. The summed E-state index contributed by atoms with van der Waals surface area (Å²) in [6.07, 6.45) is 0. The van der Waals surface area contributed by atoms with Gasteiger partial charge in [-0.2, -0.15) is 0 Å². The van der Waals surface area contributed by atoms with Crippen LogP contribution in [0.3, 0.4) is 0 Å². The summed E-state index contributed by atoms with van der Waals surface area (Å²) in [5.41, 5.74) is 0.536. The molecule has 0 radical (unpaired) electrons. The molecule has 4 rings (SSSR count). The minimum atomic E-state index is -0.911. The number of rotatable bonds is 1. The molecular formula is C15H8F2N2S. The minimum Gasteiger partial charge on any atom is -0.337 e. The van der Waals surface area contributed by atoms with Gasteiger partial charge in [0.2, 0.25) is 0 Å². The number of hydrogen-bond acceptors (Lipinski definition) is 2. The number of benzene rings is 2. The number of thiophene rings is 1. The van der Waals surface area contributed by atoms with E-state index in [0.717, 1.165) is 21.0 Å². The molecule has 0 amide bonds. The number of fused-ring (bicyclic) bond motifs is 2. The molecule has 4 aromatic rings. The average molecular weight is 286 g/mol. The number of hydrogen-bond donors (Lipinski definition) is 1. The van der Waals surface area contributed by atoms with Crippen LogP contribution in [-0.2, 0) is 0 Å². The minimum absolute atomic E-state index is 0.0393. The predicted molar refractivity (Wildman–Crippen MR) is 76.8 cm³/mol. The van der Waals surface area contributed by atoms with Crippen LogP contribution in [-0.4, -0.2) is 9.97 Å². The summed E-state index contributed by atoms with van der Waals surface area (Å²) < 4.78 is 28.0. The summed E-state index contributed by atoms with van der Waals surface area (Å²) in [6.45, 7) is 0. The number of halogens is 2. The number of aromatic amines is 1. The topological polar surface area (TPSA) is 28.7 Å². The van der Waals surface area contributed by atoms with Crippen molar-refractivity contribution >= 4 is 32.5 Å². The molecule has 0 aliphatic rings. The van der Waals surface area contributed by atoms with Crippen LogP contribution in [0.2, 0.25) is 0 Å². The lowest BCUT2D eigenvalue weighted by Gasteiger charge is -1.91. The van der Waals surface area contributed by atoms with Gasteiger partial charge >= 0.3 is 0 Å². The molecule has 0 saturated heterocycles. The summed E-state index contributed by atoms with van der Waals surface area (Å²) in [5, 5.41) is 1.11. The zero-order valence-electron chi connectivity index (χ0n) is 10.2. The van der Waals surface area contributed by atoms with Crippen LogP contribution in [0.25, 0.3) is 31.8 Å². The molecule has 98 valence electrons. The SMILES string of the molecule is Fc1ccc2[nH]c(-c3cc4ccccc4s3)nc2c1F. The van der Waals surface area contributed by atoms with Gasteiger partial charge in [-0.15, -0.1) is 11.3 Å². The van der Waals surface area contributed by atoms with Gasteiger partial charge in [-0.1, -0.05) is 18.2 Å². The summed E-state index contributed by atoms with van der Waals surface area (Å²) >= 11 is 1.57. The smallest absolute Gasteiger partial charge is 0.186 e. The largest absolute Gasteiger partial charge is 0.337 e. The summed E-state index contributed by atoms with van der Waals surface area (Å²) in [4.78, 5) is 8.12. The van der Waals surface area contributed by atoms with Crippen molar-refractivity contribution in [3.63, 3.8) is 0 Å². The number of imidazole rings is 1. The third-order valence-corrected chi connectivity index (χ3v) is 4.33. The van der Waals surface area contributed by atoms with Crippen molar-refractivity contribution in [2.24, 2.45) is 0 Å². The Hall–Kier alpha value is -2.27. The summed E-state index contributed by atoms with van der Waals surface area (Å²) in [7, 11) is 0. The molecule has 0 atom stereocenters. The summed E-state index contributed by atoms with van der Waals surface area (Å²) in [5.74, 6) is -1.23. The third-order valence-electron chi connectivity index (χ3n) is 3.20. The van der Waals surface area contributed by atoms with E-state index in [0.29, 0.717) is 11.3 Å². The number of nitrogens with zero attached hydrogens (tertiary/aromatic N) is 1. The highest BCUT2D eigenvalue weighted by atomic mass is 32.1. The monoisotopic (exact) mass is 286 g/mol. The fraction of sp³-hybridized carbons (Fsp3) is 0. The van der Waals surface area contributed by atoms with E-state index in [9.17, 15) is 8.78 Å². The highest BCUT2D eigenvalue weighted by molar-refractivity contribution is 7.22. The van der Waals surface area contributed by atoms with Gasteiger partial charge in [-0.05, 0) is 29.7 Å². The Morgan fingerprint density at radius 1 is 1.05 bits per heavy atom. The normalized spacial score (nSPS) is 11.5. The molecule has 2 aromatic carbocycles. The molecule has 0 unspecified atom stereocenters. The van der Waals surface area contributed by atoms with Gasteiger partial charge in [0.1, 0.15) is 11.3 Å². The lowest BCUT2D eigenvalue weighted by Crippen LogP contribution is -1.84. The van der Waals surface area contributed by atoms with Crippen LogP contribution in [0.1, 0.15) is 0 Å². The first-order valence-corrected chi connectivity index (χ1v) is 6.87. The maximum atomic E-state index is 13.7. The van der Waals surface area contributed by atoms with Crippen LogP contribution in [0.15, 0.2) is 42.5 Å². The molecule has 0 aliphatic heterocycles. The molecule has 2 nitrogen and oxygen atoms in total. The van der Waals surface area contributed by atoms with Crippen LogP contribution in [0.4, 0.5) is 8.78 Å². The molecule has 2 heterocycles. The number of H-pyrrole nitrogens is 1. The van der Waals surface area contributed by atoms with E-state index in [1.54, 1.807) is 11.3 Å². The van der Waals surface area contributed by atoms with Gasteiger partial charge in [0, 0.05) is 4.70 Å². The zero-order valence-corrected chi connectivity index (χ0v) is 11.0. The fourth-order valence-corrected chi connectivity index (χ4v) is 3.24.